The third-order valence-corrected chi connectivity index (χ3v) is 3.90. The van der Waals surface area contributed by atoms with Gasteiger partial charge in [-0.15, -0.1) is 0 Å². The molecule has 0 aliphatic carbocycles. The highest BCUT2D eigenvalue weighted by atomic mass is 16.5. The minimum absolute atomic E-state index is 0.772. The van der Waals surface area contributed by atoms with E-state index in [1.54, 1.807) is 0 Å². The van der Waals surface area contributed by atoms with Crippen molar-refractivity contribution in [2.45, 2.75) is 19.3 Å². The van der Waals surface area contributed by atoms with E-state index in [1.165, 1.54) is 5.56 Å². The summed E-state index contributed by atoms with van der Waals surface area (Å²) >= 11 is 0. The molecule has 3 rings (SSSR count). The van der Waals surface area contributed by atoms with Crippen LogP contribution in [0.5, 0.6) is 11.5 Å². The number of hydrogen-bond acceptors (Lipinski definition) is 4. The van der Waals surface area contributed by atoms with Crippen LogP contribution in [0.4, 0.5) is 0 Å². The monoisotopic (exact) mass is 277 g/mol. The molecule has 1 aromatic rings. The summed E-state index contributed by atoms with van der Waals surface area (Å²) in [5.41, 5.74) is 1.24. The summed E-state index contributed by atoms with van der Waals surface area (Å²) in [5, 5.41) is 0. The zero-order valence-corrected chi connectivity index (χ0v) is 12.0. The highest BCUT2D eigenvalue weighted by molar-refractivity contribution is 5.45. The normalized spacial score (nSPS) is 19.2. The van der Waals surface area contributed by atoms with Crippen molar-refractivity contribution in [3.05, 3.63) is 23.8 Å². The van der Waals surface area contributed by atoms with Crippen molar-refractivity contribution in [1.29, 1.82) is 0 Å². The molecule has 4 heteroatoms. The molecule has 0 atom stereocenters. The average molecular weight is 277 g/mol. The molecule has 1 fully saturated rings. The zero-order chi connectivity index (χ0) is 13.6. The van der Waals surface area contributed by atoms with Crippen LogP contribution >= 0.6 is 0 Å². The average Bonchev–Trinajstić information content (AvgIpc) is 2.53. The van der Waals surface area contributed by atoms with E-state index in [9.17, 15) is 0 Å². The Morgan fingerprint density at radius 2 is 2.05 bits per heavy atom. The lowest BCUT2D eigenvalue weighted by molar-refractivity contribution is 0.0357. The molecule has 1 saturated heterocycles. The molecule has 0 radical (unpaired) electrons. The van der Waals surface area contributed by atoms with E-state index in [0.717, 1.165) is 76.8 Å². The summed E-state index contributed by atoms with van der Waals surface area (Å²) in [4.78, 5) is 2.44. The van der Waals surface area contributed by atoms with Crippen molar-refractivity contribution in [3.8, 4) is 11.5 Å². The molecule has 0 saturated carbocycles. The van der Waals surface area contributed by atoms with Gasteiger partial charge in [0.25, 0.3) is 0 Å². The smallest absolute Gasteiger partial charge is 0.126 e. The number of morpholine rings is 1. The first-order chi connectivity index (χ1) is 9.93. The molecule has 0 amide bonds. The second-order valence-corrected chi connectivity index (χ2v) is 5.34. The third kappa shape index (κ3) is 3.44. The van der Waals surface area contributed by atoms with Gasteiger partial charge in [0.1, 0.15) is 11.5 Å². The van der Waals surface area contributed by atoms with Crippen LogP contribution in [0.15, 0.2) is 18.2 Å². The van der Waals surface area contributed by atoms with Gasteiger partial charge in [-0.2, -0.15) is 0 Å². The van der Waals surface area contributed by atoms with Crippen LogP contribution in [0.25, 0.3) is 0 Å². The quantitative estimate of drug-likeness (QED) is 0.771. The van der Waals surface area contributed by atoms with Crippen LogP contribution in [0.1, 0.15) is 18.4 Å². The van der Waals surface area contributed by atoms with Crippen LogP contribution < -0.4 is 9.47 Å². The van der Waals surface area contributed by atoms with Crippen LogP contribution in [0.2, 0.25) is 0 Å². The minimum atomic E-state index is 0.772. The van der Waals surface area contributed by atoms with E-state index in [-0.39, 0.29) is 0 Å². The number of ether oxygens (including phenoxy) is 3. The Morgan fingerprint density at radius 3 is 2.95 bits per heavy atom. The van der Waals surface area contributed by atoms with Gasteiger partial charge in [-0.05, 0) is 31.4 Å². The maximum atomic E-state index is 5.96. The molecule has 0 aromatic heterocycles. The highest BCUT2D eigenvalue weighted by Gasteiger charge is 2.15. The van der Waals surface area contributed by atoms with Crippen molar-refractivity contribution < 1.29 is 14.2 Å². The molecule has 20 heavy (non-hydrogen) atoms. The Bertz CT molecular complexity index is 430. The van der Waals surface area contributed by atoms with E-state index in [4.69, 9.17) is 14.2 Å². The first-order valence-corrected chi connectivity index (χ1v) is 7.61. The van der Waals surface area contributed by atoms with Gasteiger partial charge in [0.15, 0.2) is 0 Å². The predicted octanol–water partition coefficient (Wildman–Crippen LogP) is 2.11. The fourth-order valence-electron chi connectivity index (χ4n) is 2.79. The number of nitrogens with zero attached hydrogens (tertiary/aromatic N) is 1. The SMILES string of the molecule is c1cc2c(c(OCCCN3CCOCC3)c1)CCCO2. The van der Waals surface area contributed by atoms with E-state index < -0.39 is 0 Å². The number of fused-ring (bicyclic) bond motifs is 1. The molecule has 0 bridgehead atoms. The summed E-state index contributed by atoms with van der Waals surface area (Å²) in [6.07, 6.45) is 3.21. The fourth-order valence-corrected chi connectivity index (χ4v) is 2.79. The van der Waals surface area contributed by atoms with Gasteiger partial charge in [0.2, 0.25) is 0 Å². The number of hydrogen-bond donors (Lipinski definition) is 0. The zero-order valence-electron chi connectivity index (χ0n) is 12.0. The van der Waals surface area contributed by atoms with Gasteiger partial charge in [0.05, 0.1) is 26.4 Å². The summed E-state index contributed by atoms with van der Waals surface area (Å²) < 4.78 is 17.0. The second kappa shape index (κ2) is 6.95. The van der Waals surface area contributed by atoms with Gasteiger partial charge in [-0.1, -0.05) is 6.07 Å². The molecule has 2 aliphatic heterocycles. The van der Waals surface area contributed by atoms with E-state index in [0.29, 0.717) is 0 Å². The molecule has 0 unspecified atom stereocenters. The highest BCUT2D eigenvalue weighted by Crippen LogP contribution is 2.32. The minimum Gasteiger partial charge on any atom is -0.493 e. The van der Waals surface area contributed by atoms with Crippen molar-refractivity contribution in [2.75, 3.05) is 46.1 Å². The van der Waals surface area contributed by atoms with E-state index in [1.807, 2.05) is 12.1 Å². The second-order valence-electron chi connectivity index (χ2n) is 5.34. The predicted molar refractivity (Wildman–Crippen MR) is 77.6 cm³/mol. The van der Waals surface area contributed by atoms with E-state index in [2.05, 4.69) is 11.0 Å². The Morgan fingerprint density at radius 1 is 1.15 bits per heavy atom. The maximum Gasteiger partial charge on any atom is 0.126 e. The van der Waals surface area contributed by atoms with Crippen LogP contribution in [0, 0.1) is 0 Å². The molecule has 0 spiro atoms. The molecule has 4 nitrogen and oxygen atoms in total. The lowest BCUT2D eigenvalue weighted by Gasteiger charge is -2.26. The van der Waals surface area contributed by atoms with Gasteiger partial charge in [-0.3, -0.25) is 4.90 Å². The first kappa shape index (κ1) is 13.7. The van der Waals surface area contributed by atoms with Gasteiger partial charge in [0, 0.05) is 25.2 Å². The Hall–Kier alpha value is -1.26. The lowest BCUT2D eigenvalue weighted by Crippen LogP contribution is -2.37. The van der Waals surface area contributed by atoms with Gasteiger partial charge >= 0.3 is 0 Å². The Labute approximate surface area is 120 Å². The van der Waals surface area contributed by atoms with Crippen LogP contribution in [-0.2, 0) is 11.2 Å². The molecule has 0 N–H and O–H groups in total. The number of benzene rings is 1. The Balaban J connectivity index is 1.46. The summed E-state index contributed by atoms with van der Waals surface area (Å²) in [7, 11) is 0. The lowest BCUT2D eigenvalue weighted by atomic mass is 10.1. The van der Waals surface area contributed by atoms with Crippen molar-refractivity contribution in [3.63, 3.8) is 0 Å². The summed E-state index contributed by atoms with van der Waals surface area (Å²) in [5.74, 6) is 2.01. The summed E-state index contributed by atoms with van der Waals surface area (Å²) in [6.45, 7) is 6.52. The largest absolute Gasteiger partial charge is 0.493 e. The number of rotatable bonds is 5. The van der Waals surface area contributed by atoms with Crippen LogP contribution in [-0.4, -0.2) is 51.0 Å². The molecule has 1 aromatic carbocycles. The molecule has 2 aliphatic rings. The maximum absolute atomic E-state index is 5.96. The molecule has 110 valence electrons. The topological polar surface area (TPSA) is 30.9 Å². The molecular formula is C16H23NO3. The van der Waals surface area contributed by atoms with Crippen molar-refractivity contribution >= 4 is 0 Å². The standard InChI is InChI=1S/C16H23NO3/c1-5-15-14(4-2-10-19-15)16(6-1)20-11-3-7-17-8-12-18-13-9-17/h1,5-6H,2-4,7-13H2. The first-order valence-electron chi connectivity index (χ1n) is 7.61. The molecular weight excluding hydrogens is 254 g/mol. The molecule has 2 heterocycles. The fraction of sp³-hybridized carbons (Fsp3) is 0.625. The third-order valence-electron chi connectivity index (χ3n) is 3.90. The Kier molecular flexibility index (Phi) is 4.77. The van der Waals surface area contributed by atoms with E-state index >= 15 is 0 Å². The summed E-state index contributed by atoms with van der Waals surface area (Å²) in [6, 6.07) is 6.11. The van der Waals surface area contributed by atoms with Crippen LogP contribution in [0.3, 0.4) is 0 Å². The van der Waals surface area contributed by atoms with Crippen molar-refractivity contribution in [2.24, 2.45) is 0 Å². The van der Waals surface area contributed by atoms with Crippen molar-refractivity contribution in [1.82, 2.24) is 4.90 Å². The van der Waals surface area contributed by atoms with Gasteiger partial charge < -0.3 is 14.2 Å². The van der Waals surface area contributed by atoms with Gasteiger partial charge in [-0.25, -0.2) is 0 Å².